The van der Waals surface area contributed by atoms with Crippen molar-refractivity contribution in [1.29, 1.82) is 5.26 Å². The summed E-state index contributed by atoms with van der Waals surface area (Å²) < 4.78 is 0.818. The summed E-state index contributed by atoms with van der Waals surface area (Å²) in [7, 11) is 0. The first-order chi connectivity index (χ1) is 8.06. The molecule has 0 radical (unpaired) electrons. The van der Waals surface area contributed by atoms with Gasteiger partial charge in [0.2, 0.25) is 5.91 Å². The lowest BCUT2D eigenvalue weighted by Gasteiger charge is -2.10. The van der Waals surface area contributed by atoms with Gasteiger partial charge in [0.1, 0.15) is 6.07 Å². The zero-order valence-electron chi connectivity index (χ0n) is 9.53. The third kappa shape index (κ3) is 4.17. The molecular formula is C12H14BrN3O. The normalized spacial score (nSPS) is 11.6. The maximum Gasteiger partial charge on any atom is 0.224 e. The van der Waals surface area contributed by atoms with E-state index in [2.05, 4.69) is 21.2 Å². The van der Waals surface area contributed by atoms with E-state index in [0.717, 1.165) is 4.47 Å². The first kappa shape index (κ1) is 13.7. The highest BCUT2D eigenvalue weighted by molar-refractivity contribution is 9.10. The number of carbonyl (C=O) groups excluding carboxylic acids is 1. The Morgan fingerprint density at radius 1 is 1.65 bits per heavy atom. The van der Waals surface area contributed by atoms with Gasteiger partial charge in [-0.2, -0.15) is 5.26 Å². The van der Waals surface area contributed by atoms with Gasteiger partial charge in [-0.05, 0) is 30.7 Å². The van der Waals surface area contributed by atoms with Gasteiger partial charge in [0.25, 0.3) is 0 Å². The largest absolute Gasteiger partial charge is 0.330 e. The Balaban J connectivity index is 2.77. The number of halogens is 1. The van der Waals surface area contributed by atoms with Gasteiger partial charge in [-0.25, -0.2) is 0 Å². The zero-order chi connectivity index (χ0) is 12.8. The molecule has 17 heavy (non-hydrogen) atoms. The van der Waals surface area contributed by atoms with E-state index in [1.807, 2.05) is 13.0 Å². The van der Waals surface area contributed by atoms with Crippen LogP contribution in [-0.4, -0.2) is 12.5 Å². The third-order valence-corrected chi connectivity index (χ3v) is 2.81. The molecule has 0 bridgehead atoms. The van der Waals surface area contributed by atoms with Crippen LogP contribution in [0.4, 0.5) is 5.69 Å². The Kier molecular flexibility index (Phi) is 5.13. The van der Waals surface area contributed by atoms with Crippen LogP contribution in [0.25, 0.3) is 0 Å². The Hall–Kier alpha value is -1.38. The quantitative estimate of drug-likeness (QED) is 0.894. The number of hydrogen-bond donors (Lipinski definition) is 2. The van der Waals surface area contributed by atoms with E-state index in [4.69, 9.17) is 11.0 Å². The van der Waals surface area contributed by atoms with Crippen molar-refractivity contribution in [2.24, 2.45) is 11.7 Å². The minimum Gasteiger partial charge on any atom is -0.330 e. The lowest BCUT2D eigenvalue weighted by atomic mass is 10.1. The summed E-state index contributed by atoms with van der Waals surface area (Å²) >= 11 is 3.30. The van der Waals surface area contributed by atoms with E-state index in [1.54, 1.807) is 18.2 Å². The molecule has 5 heteroatoms. The summed E-state index contributed by atoms with van der Waals surface area (Å²) in [5, 5.41) is 11.6. The van der Waals surface area contributed by atoms with Crippen LogP contribution >= 0.6 is 15.9 Å². The molecule has 0 fully saturated rings. The van der Waals surface area contributed by atoms with E-state index in [-0.39, 0.29) is 11.8 Å². The second-order valence-corrected chi connectivity index (χ2v) is 4.81. The fraction of sp³-hybridized carbons (Fsp3) is 0.333. The maximum atomic E-state index is 11.7. The average molecular weight is 296 g/mol. The number of carbonyl (C=O) groups is 1. The minimum atomic E-state index is -0.127. The van der Waals surface area contributed by atoms with Crippen molar-refractivity contribution in [3.63, 3.8) is 0 Å². The predicted octanol–water partition coefficient (Wildman–Crippen LogP) is 2.24. The fourth-order valence-corrected chi connectivity index (χ4v) is 1.68. The highest BCUT2D eigenvalue weighted by Gasteiger charge is 2.10. The van der Waals surface area contributed by atoms with Crippen molar-refractivity contribution in [2.45, 2.75) is 13.3 Å². The number of benzene rings is 1. The van der Waals surface area contributed by atoms with Crippen molar-refractivity contribution < 1.29 is 4.79 Å². The van der Waals surface area contributed by atoms with Crippen molar-refractivity contribution >= 4 is 27.5 Å². The Morgan fingerprint density at radius 3 is 2.94 bits per heavy atom. The van der Waals surface area contributed by atoms with Crippen molar-refractivity contribution in [3.8, 4) is 6.07 Å². The fourth-order valence-electron chi connectivity index (χ4n) is 1.32. The third-order valence-electron chi connectivity index (χ3n) is 2.31. The van der Waals surface area contributed by atoms with Gasteiger partial charge in [0, 0.05) is 10.9 Å². The van der Waals surface area contributed by atoms with Gasteiger partial charge < -0.3 is 11.1 Å². The summed E-state index contributed by atoms with van der Waals surface area (Å²) in [6.45, 7) is 2.38. The Labute approximate surface area is 109 Å². The number of nitrogens with two attached hydrogens (primary N) is 1. The molecule has 1 amide bonds. The van der Waals surface area contributed by atoms with Crippen LogP contribution < -0.4 is 11.1 Å². The van der Waals surface area contributed by atoms with Crippen molar-refractivity contribution in [1.82, 2.24) is 0 Å². The summed E-state index contributed by atoms with van der Waals surface area (Å²) in [4.78, 5) is 11.7. The van der Waals surface area contributed by atoms with E-state index in [0.29, 0.717) is 24.2 Å². The predicted molar refractivity (Wildman–Crippen MR) is 70.3 cm³/mol. The molecule has 1 aromatic rings. The molecule has 90 valence electrons. The molecular weight excluding hydrogens is 282 g/mol. The van der Waals surface area contributed by atoms with Crippen LogP contribution in [0.2, 0.25) is 0 Å². The lowest BCUT2D eigenvalue weighted by Crippen LogP contribution is -2.20. The van der Waals surface area contributed by atoms with Gasteiger partial charge in [0.05, 0.1) is 11.3 Å². The first-order valence-corrected chi connectivity index (χ1v) is 6.05. The first-order valence-electron chi connectivity index (χ1n) is 5.26. The molecule has 0 saturated carbocycles. The number of rotatable bonds is 4. The van der Waals surface area contributed by atoms with Crippen LogP contribution in [0.15, 0.2) is 22.7 Å². The molecule has 1 rings (SSSR count). The SMILES string of the molecule is CC(CN)CC(=O)Nc1cc(Br)ccc1C#N. The van der Waals surface area contributed by atoms with Crippen LogP contribution in [-0.2, 0) is 4.79 Å². The number of nitrogens with one attached hydrogen (secondary N) is 1. The summed E-state index contributed by atoms with van der Waals surface area (Å²) in [6, 6.07) is 7.17. The average Bonchev–Trinajstić information content (AvgIpc) is 2.29. The molecule has 1 atom stereocenters. The van der Waals surface area contributed by atoms with Gasteiger partial charge in [-0.15, -0.1) is 0 Å². The van der Waals surface area contributed by atoms with Crippen LogP contribution in [0.3, 0.4) is 0 Å². The van der Waals surface area contributed by atoms with Crippen LogP contribution in [0.5, 0.6) is 0 Å². The monoisotopic (exact) mass is 295 g/mol. The molecule has 0 aromatic heterocycles. The molecule has 0 aliphatic carbocycles. The number of nitriles is 1. The molecule has 0 saturated heterocycles. The second kappa shape index (κ2) is 6.38. The van der Waals surface area contributed by atoms with E-state index in [9.17, 15) is 4.79 Å². The maximum absolute atomic E-state index is 11.7. The van der Waals surface area contributed by atoms with Crippen LogP contribution in [0, 0.1) is 17.2 Å². The highest BCUT2D eigenvalue weighted by atomic mass is 79.9. The Bertz CT molecular complexity index is 454. The number of nitrogens with zero attached hydrogens (tertiary/aromatic N) is 1. The number of anilines is 1. The molecule has 0 spiro atoms. The minimum absolute atomic E-state index is 0.127. The summed E-state index contributed by atoms with van der Waals surface area (Å²) in [5.74, 6) is 0.00485. The van der Waals surface area contributed by atoms with Crippen molar-refractivity contribution in [2.75, 3.05) is 11.9 Å². The molecule has 0 aliphatic heterocycles. The molecule has 0 aliphatic rings. The molecule has 3 N–H and O–H groups in total. The zero-order valence-corrected chi connectivity index (χ0v) is 11.1. The number of amides is 1. The van der Waals surface area contributed by atoms with Gasteiger partial charge >= 0.3 is 0 Å². The van der Waals surface area contributed by atoms with E-state index in [1.165, 1.54) is 0 Å². The van der Waals surface area contributed by atoms with Gasteiger partial charge in [0.15, 0.2) is 0 Å². The van der Waals surface area contributed by atoms with Crippen LogP contribution in [0.1, 0.15) is 18.9 Å². The van der Waals surface area contributed by atoms with E-state index >= 15 is 0 Å². The smallest absolute Gasteiger partial charge is 0.224 e. The van der Waals surface area contributed by atoms with E-state index < -0.39 is 0 Å². The summed E-state index contributed by atoms with van der Waals surface area (Å²) in [5.41, 5.74) is 6.42. The molecule has 1 unspecified atom stereocenters. The van der Waals surface area contributed by atoms with Gasteiger partial charge in [-0.1, -0.05) is 22.9 Å². The molecule has 1 aromatic carbocycles. The van der Waals surface area contributed by atoms with Crippen molar-refractivity contribution in [3.05, 3.63) is 28.2 Å². The van der Waals surface area contributed by atoms with Gasteiger partial charge in [-0.3, -0.25) is 4.79 Å². The molecule has 0 heterocycles. The highest BCUT2D eigenvalue weighted by Crippen LogP contribution is 2.21. The second-order valence-electron chi connectivity index (χ2n) is 3.89. The Morgan fingerprint density at radius 2 is 2.35 bits per heavy atom. The number of hydrogen-bond acceptors (Lipinski definition) is 3. The summed E-state index contributed by atoms with van der Waals surface area (Å²) in [6.07, 6.45) is 0.355. The standard InChI is InChI=1S/C12H14BrN3O/c1-8(6-14)4-12(17)16-11-5-10(13)3-2-9(11)7-15/h2-3,5,8H,4,6,14H2,1H3,(H,16,17). The lowest BCUT2D eigenvalue weighted by molar-refractivity contribution is -0.116. The molecule has 4 nitrogen and oxygen atoms in total. The topological polar surface area (TPSA) is 78.9 Å².